The number of aromatic nitrogens is 1. The van der Waals surface area contributed by atoms with Gasteiger partial charge in [0, 0.05) is 6.20 Å². The first-order chi connectivity index (χ1) is 7.50. The van der Waals surface area contributed by atoms with Gasteiger partial charge in [-0.25, -0.2) is 0 Å². The summed E-state index contributed by atoms with van der Waals surface area (Å²) in [6.07, 6.45) is 4.01. The molecule has 0 aliphatic rings. The van der Waals surface area contributed by atoms with Crippen LogP contribution in [0.15, 0.2) is 18.5 Å². The number of pyridine rings is 1. The van der Waals surface area contributed by atoms with Crippen LogP contribution in [0.5, 0.6) is 0 Å². The van der Waals surface area contributed by atoms with Crippen molar-refractivity contribution in [3.05, 3.63) is 24.0 Å². The van der Waals surface area contributed by atoms with Crippen molar-refractivity contribution in [3.8, 4) is 0 Å². The van der Waals surface area contributed by atoms with Crippen LogP contribution in [0.3, 0.4) is 0 Å². The first-order valence-electron chi connectivity index (χ1n) is 5.47. The van der Waals surface area contributed by atoms with Gasteiger partial charge in [0.25, 0.3) is 0 Å². The monoisotopic (exact) mass is 221 g/mol. The van der Waals surface area contributed by atoms with Crippen LogP contribution in [-0.2, 0) is 4.79 Å². The molecule has 1 aromatic rings. The fraction of sp³-hybridized carbons (Fsp3) is 0.500. The Hall–Kier alpha value is -1.42. The van der Waals surface area contributed by atoms with E-state index in [0.717, 1.165) is 11.3 Å². The Morgan fingerprint density at radius 1 is 1.56 bits per heavy atom. The largest absolute Gasteiger partial charge is 0.323 e. The van der Waals surface area contributed by atoms with Gasteiger partial charge in [-0.1, -0.05) is 13.8 Å². The standard InChI is InChI=1S/C12H19N3O/c1-8(2)6-10(13)12(16)15-11-7-14-5-4-9(11)3/h4-5,7-8,10H,6,13H2,1-3H3,(H,15,16). The average molecular weight is 221 g/mol. The molecule has 1 unspecified atom stereocenters. The van der Waals surface area contributed by atoms with Crippen molar-refractivity contribution in [2.24, 2.45) is 11.7 Å². The lowest BCUT2D eigenvalue weighted by molar-refractivity contribution is -0.117. The molecular weight excluding hydrogens is 202 g/mol. The Morgan fingerprint density at radius 2 is 2.25 bits per heavy atom. The predicted octanol–water partition coefficient (Wildman–Crippen LogP) is 1.70. The molecule has 88 valence electrons. The van der Waals surface area contributed by atoms with Gasteiger partial charge in [0.15, 0.2) is 0 Å². The number of rotatable bonds is 4. The summed E-state index contributed by atoms with van der Waals surface area (Å²) in [5.74, 6) is 0.264. The maximum Gasteiger partial charge on any atom is 0.241 e. The van der Waals surface area contributed by atoms with Crippen LogP contribution in [0, 0.1) is 12.8 Å². The third-order valence-electron chi connectivity index (χ3n) is 2.36. The van der Waals surface area contributed by atoms with Gasteiger partial charge in [-0.05, 0) is 30.9 Å². The maximum atomic E-state index is 11.7. The van der Waals surface area contributed by atoms with E-state index in [9.17, 15) is 4.79 Å². The van der Waals surface area contributed by atoms with Gasteiger partial charge in [-0.15, -0.1) is 0 Å². The Bertz CT molecular complexity index is 363. The van der Waals surface area contributed by atoms with Crippen molar-refractivity contribution in [3.63, 3.8) is 0 Å². The SMILES string of the molecule is Cc1ccncc1NC(=O)C(N)CC(C)C. The second-order valence-electron chi connectivity index (χ2n) is 4.42. The van der Waals surface area contributed by atoms with Crippen molar-refractivity contribution < 1.29 is 4.79 Å². The highest BCUT2D eigenvalue weighted by Crippen LogP contribution is 2.12. The van der Waals surface area contributed by atoms with Crippen molar-refractivity contribution >= 4 is 11.6 Å². The number of hydrogen-bond donors (Lipinski definition) is 2. The van der Waals surface area contributed by atoms with Crippen molar-refractivity contribution in [1.82, 2.24) is 4.98 Å². The minimum absolute atomic E-state index is 0.148. The smallest absolute Gasteiger partial charge is 0.241 e. The second kappa shape index (κ2) is 5.61. The van der Waals surface area contributed by atoms with E-state index in [1.54, 1.807) is 12.4 Å². The Balaban J connectivity index is 2.61. The number of amides is 1. The summed E-state index contributed by atoms with van der Waals surface area (Å²) in [7, 11) is 0. The maximum absolute atomic E-state index is 11.7. The third kappa shape index (κ3) is 3.62. The number of nitrogens with one attached hydrogen (secondary N) is 1. The number of carbonyl (C=O) groups excluding carboxylic acids is 1. The van der Waals surface area contributed by atoms with E-state index >= 15 is 0 Å². The van der Waals surface area contributed by atoms with Gasteiger partial charge in [-0.2, -0.15) is 0 Å². The number of aryl methyl sites for hydroxylation is 1. The van der Waals surface area contributed by atoms with Crippen LogP contribution >= 0.6 is 0 Å². The molecule has 3 N–H and O–H groups in total. The number of carbonyl (C=O) groups is 1. The van der Waals surface area contributed by atoms with E-state index in [4.69, 9.17) is 5.73 Å². The van der Waals surface area contributed by atoms with Crippen LogP contribution in [0.25, 0.3) is 0 Å². The molecule has 1 amide bonds. The summed E-state index contributed by atoms with van der Waals surface area (Å²) in [6.45, 7) is 6.01. The molecule has 0 fully saturated rings. The van der Waals surface area contributed by atoms with E-state index in [1.165, 1.54) is 0 Å². The van der Waals surface area contributed by atoms with Crippen LogP contribution in [0.1, 0.15) is 25.8 Å². The first kappa shape index (κ1) is 12.6. The number of nitrogens with two attached hydrogens (primary N) is 1. The Morgan fingerprint density at radius 3 is 2.81 bits per heavy atom. The van der Waals surface area contributed by atoms with E-state index in [1.807, 2.05) is 26.8 Å². The molecule has 4 nitrogen and oxygen atoms in total. The van der Waals surface area contributed by atoms with Crippen molar-refractivity contribution in [2.45, 2.75) is 33.2 Å². The fourth-order valence-corrected chi connectivity index (χ4v) is 1.44. The molecule has 1 atom stereocenters. The predicted molar refractivity (Wildman–Crippen MR) is 65.0 cm³/mol. The van der Waals surface area contributed by atoms with Gasteiger partial charge in [0.05, 0.1) is 17.9 Å². The van der Waals surface area contributed by atoms with Gasteiger partial charge < -0.3 is 11.1 Å². The molecule has 0 radical (unpaired) electrons. The van der Waals surface area contributed by atoms with E-state index in [-0.39, 0.29) is 5.91 Å². The average Bonchev–Trinajstić information content (AvgIpc) is 2.20. The molecule has 0 saturated carbocycles. The van der Waals surface area contributed by atoms with Crippen LogP contribution < -0.4 is 11.1 Å². The fourth-order valence-electron chi connectivity index (χ4n) is 1.44. The van der Waals surface area contributed by atoms with E-state index in [0.29, 0.717) is 12.3 Å². The van der Waals surface area contributed by atoms with E-state index in [2.05, 4.69) is 10.3 Å². The molecule has 0 aromatic carbocycles. The lowest BCUT2D eigenvalue weighted by Crippen LogP contribution is -2.36. The summed E-state index contributed by atoms with van der Waals surface area (Å²) in [5, 5.41) is 2.79. The molecule has 0 aliphatic heterocycles. The van der Waals surface area contributed by atoms with Crippen molar-refractivity contribution in [1.29, 1.82) is 0 Å². The molecule has 0 spiro atoms. The molecule has 1 aromatic heterocycles. The number of nitrogens with zero attached hydrogens (tertiary/aromatic N) is 1. The molecule has 4 heteroatoms. The quantitative estimate of drug-likeness (QED) is 0.813. The molecule has 1 heterocycles. The molecule has 16 heavy (non-hydrogen) atoms. The second-order valence-corrected chi connectivity index (χ2v) is 4.42. The zero-order valence-electron chi connectivity index (χ0n) is 10.0. The highest BCUT2D eigenvalue weighted by molar-refractivity contribution is 5.95. The molecule has 0 aliphatic carbocycles. The van der Waals surface area contributed by atoms with Crippen LogP contribution in [-0.4, -0.2) is 16.9 Å². The molecule has 0 bridgehead atoms. The van der Waals surface area contributed by atoms with Crippen molar-refractivity contribution in [2.75, 3.05) is 5.32 Å². The lowest BCUT2D eigenvalue weighted by atomic mass is 10.0. The minimum atomic E-state index is -0.459. The minimum Gasteiger partial charge on any atom is -0.323 e. The van der Waals surface area contributed by atoms with Gasteiger partial charge >= 0.3 is 0 Å². The zero-order chi connectivity index (χ0) is 12.1. The third-order valence-corrected chi connectivity index (χ3v) is 2.36. The van der Waals surface area contributed by atoms with Gasteiger partial charge in [0.2, 0.25) is 5.91 Å². The Labute approximate surface area is 96.3 Å². The number of anilines is 1. The highest BCUT2D eigenvalue weighted by atomic mass is 16.2. The summed E-state index contributed by atoms with van der Waals surface area (Å²) < 4.78 is 0. The summed E-state index contributed by atoms with van der Waals surface area (Å²) in [6, 6.07) is 1.39. The lowest BCUT2D eigenvalue weighted by Gasteiger charge is -2.14. The molecule has 0 saturated heterocycles. The molecule has 1 rings (SSSR count). The van der Waals surface area contributed by atoms with E-state index < -0.39 is 6.04 Å². The Kier molecular flexibility index (Phi) is 4.43. The van der Waals surface area contributed by atoms with Crippen LogP contribution in [0.4, 0.5) is 5.69 Å². The van der Waals surface area contributed by atoms with Gasteiger partial charge in [-0.3, -0.25) is 9.78 Å². The van der Waals surface area contributed by atoms with Gasteiger partial charge in [0.1, 0.15) is 0 Å². The summed E-state index contributed by atoms with van der Waals surface area (Å²) in [4.78, 5) is 15.7. The zero-order valence-corrected chi connectivity index (χ0v) is 10.0. The number of hydrogen-bond acceptors (Lipinski definition) is 3. The highest BCUT2D eigenvalue weighted by Gasteiger charge is 2.15. The summed E-state index contributed by atoms with van der Waals surface area (Å²) in [5.41, 5.74) is 7.50. The summed E-state index contributed by atoms with van der Waals surface area (Å²) >= 11 is 0. The first-order valence-corrected chi connectivity index (χ1v) is 5.47. The normalized spacial score (nSPS) is 12.6. The molecular formula is C12H19N3O. The topological polar surface area (TPSA) is 68.0 Å². The van der Waals surface area contributed by atoms with Crippen LogP contribution in [0.2, 0.25) is 0 Å².